The van der Waals surface area contributed by atoms with Gasteiger partial charge in [-0.05, 0) is 21.3 Å². The number of rotatable bonds is 8. The second kappa shape index (κ2) is 12.7. The van der Waals surface area contributed by atoms with Crippen molar-refractivity contribution in [1.82, 2.24) is 5.09 Å². The number of hydrogen-bond donors (Lipinski definition) is 10. The lowest BCUT2D eigenvalue weighted by molar-refractivity contribution is -0.315. The van der Waals surface area contributed by atoms with Crippen LogP contribution in [-0.2, 0) is 18.9 Å². The number of nitrogens with two attached hydrogens (primary N) is 4. The van der Waals surface area contributed by atoms with Crippen LogP contribution in [0.5, 0.6) is 0 Å². The third kappa shape index (κ3) is 6.22. The van der Waals surface area contributed by atoms with E-state index >= 15 is 0 Å². The van der Waals surface area contributed by atoms with Gasteiger partial charge in [0.25, 0.3) is 0 Å². The normalized spacial score (nSPS) is 50.6. The van der Waals surface area contributed by atoms with Crippen molar-refractivity contribution in [1.29, 1.82) is 0 Å². The molecule has 3 aliphatic rings. The summed E-state index contributed by atoms with van der Waals surface area (Å²) in [5, 5.41) is 54.5. The molecule has 16 unspecified atom stereocenters. The lowest BCUT2D eigenvalue weighted by Gasteiger charge is -2.48. The summed E-state index contributed by atoms with van der Waals surface area (Å²) < 4.78 is 23.2. The van der Waals surface area contributed by atoms with E-state index in [0.29, 0.717) is 6.42 Å². The van der Waals surface area contributed by atoms with Crippen LogP contribution >= 0.6 is 17.3 Å². The monoisotopic (exact) mass is 531 g/mol. The van der Waals surface area contributed by atoms with Crippen LogP contribution in [-0.4, -0.2) is 124 Å². The van der Waals surface area contributed by atoms with Crippen molar-refractivity contribution in [3.05, 3.63) is 0 Å². The van der Waals surface area contributed by atoms with Gasteiger partial charge in [0.1, 0.15) is 36.6 Å². The third-order valence-electron chi connectivity index (χ3n) is 6.64. The molecule has 0 bridgehead atoms. The van der Waals surface area contributed by atoms with Crippen molar-refractivity contribution in [3.8, 4) is 0 Å². The molecule has 0 aromatic rings. The minimum Gasteiger partial charge on any atom is -0.394 e. The molecule has 0 radical (unpaired) electrons. The smallest absolute Gasteiger partial charge is 0.186 e. The van der Waals surface area contributed by atoms with Crippen molar-refractivity contribution >= 4 is 17.3 Å². The number of ether oxygens (including phenoxy) is 4. The molecule has 2 heterocycles. The number of aliphatic hydroxyl groups excluding tert-OH is 5. The largest absolute Gasteiger partial charge is 0.394 e. The fourth-order valence-electron chi connectivity index (χ4n) is 4.63. The second-order valence-corrected chi connectivity index (χ2v) is 10.5. The zero-order valence-corrected chi connectivity index (χ0v) is 20.8. The summed E-state index contributed by atoms with van der Waals surface area (Å²) in [6.07, 6.45) is -10.3. The van der Waals surface area contributed by atoms with Gasteiger partial charge in [-0.2, -0.15) is 0 Å². The van der Waals surface area contributed by atoms with Crippen molar-refractivity contribution < 1.29 is 44.5 Å². The van der Waals surface area contributed by atoms with E-state index in [0.717, 1.165) is 0 Å². The molecule has 34 heavy (non-hydrogen) atoms. The second-order valence-electron chi connectivity index (χ2n) is 9.02. The molecule has 0 aromatic carbocycles. The van der Waals surface area contributed by atoms with Gasteiger partial charge in [0.2, 0.25) is 0 Å². The average molecular weight is 531 g/mol. The maximum atomic E-state index is 11.1. The van der Waals surface area contributed by atoms with E-state index in [2.05, 4.69) is 14.0 Å². The van der Waals surface area contributed by atoms with Gasteiger partial charge in [-0.3, -0.25) is 5.09 Å². The highest BCUT2D eigenvalue weighted by atomic mass is 32.0. The first-order chi connectivity index (χ1) is 16.1. The van der Waals surface area contributed by atoms with Crippen molar-refractivity contribution in [3.63, 3.8) is 0 Å². The Hall–Kier alpha value is 0.300. The first-order valence-electron chi connectivity index (χ1n) is 11.3. The maximum Gasteiger partial charge on any atom is 0.186 e. The van der Waals surface area contributed by atoms with Gasteiger partial charge in [0, 0.05) is 18.6 Å². The minimum absolute atomic E-state index is 0.0851. The predicted molar refractivity (Wildman–Crippen MR) is 125 cm³/mol. The fourth-order valence-corrected chi connectivity index (χ4v) is 5.74. The Morgan fingerprint density at radius 3 is 2.03 bits per heavy atom. The van der Waals surface area contributed by atoms with Gasteiger partial charge in [-0.15, -0.1) is 0 Å². The molecule has 3 rings (SSSR count). The standard InChI is InChI=1S/C18H39N5O9P2/c19-3-9-8(25)2-7(23-34-33)17(29-9)31-15-5(20)1-6(21)16(14(15)28)32-18-13(27)11(22)12(26)10(4-24)30-18/h5-18,23-28,34H,1-4,19-22,33H2. The summed E-state index contributed by atoms with van der Waals surface area (Å²) in [7, 11) is 2.82. The van der Waals surface area contributed by atoms with Crippen LogP contribution in [0.25, 0.3) is 0 Å². The summed E-state index contributed by atoms with van der Waals surface area (Å²) in [6.45, 7) is -0.461. The number of aliphatic hydroxyl groups is 5. The highest BCUT2D eigenvalue weighted by Crippen LogP contribution is 2.32. The molecule has 16 atom stereocenters. The van der Waals surface area contributed by atoms with E-state index in [9.17, 15) is 25.5 Å². The van der Waals surface area contributed by atoms with E-state index in [1.165, 1.54) is 0 Å². The lowest BCUT2D eigenvalue weighted by Crippen LogP contribution is -2.68. The minimum atomic E-state index is -1.43. The topological polar surface area (TPSA) is 254 Å². The summed E-state index contributed by atoms with van der Waals surface area (Å²) in [5.41, 5.74) is 24.0. The summed E-state index contributed by atoms with van der Waals surface area (Å²) in [6, 6.07) is -2.92. The van der Waals surface area contributed by atoms with E-state index in [-0.39, 0.29) is 27.4 Å². The highest BCUT2D eigenvalue weighted by Gasteiger charge is 2.50. The van der Waals surface area contributed by atoms with Crippen LogP contribution in [0.3, 0.4) is 0 Å². The van der Waals surface area contributed by atoms with E-state index < -0.39 is 86.1 Å². The van der Waals surface area contributed by atoms with Crippen molar-refractivity contribution in [2.24, 2.45) is 22.9 Å². The zero-order chi connectivity index (χ0) is 25.2. The van der Waals surface area contributed by atoms with Crippen molar-refractivity contribution in [2.75, 3.05) is 13.2 Å². The average Bonchev–Trinajstić information content (AvgIpc) is 2.80. The first-order valence-corrected chi connectivity index (χ1v) is 14.1. The molecule has 0 amide bonds. The molecule has 3 fully saturated rings. The van der Waals surface area contributed by atoms with Gasteiger partial charge in [-0.1, -0.05) is 8.93 Å². The predicted octanol–water partition coefficient (Wildman–Crippen LogP) is -5.28. The van der Waals surface area contributed by atoms with Gasteiger partial charge < -0.3 is 67.4 Å². The Bertz CT molecular complexity index is 647. The summed E-state index contributed by atoms with van der Waals surface area (Å²) >= 11 is 0. The molecule has 2 aliphatic heterocycles. The van der Waals surface area contributed by atoms with E-state index in [1.807, 2.05) is 0 Å². The quantitative estimate of drug-likeness (QED) is 0.131. The van der Waals surface area contributed by atoms with Gasteiger partial charge in [0.15, 0.2) is 12.6 Å². The van der Waals surface area contributed by atoms with Crippen LogP contribution in [0.2, 0.25) is 0 Å². The Kier molecular flexibility index (Phi) is 10.8. The highest BCUT2D eigenvalue weighted by molar-refractivity contribution is 8.01. The molecule has 0 spiro atoms. The molecule has 200 valence electrons. The first kappa shape index (κ1) is 28.9. The molecule has 2 saturated heterocycles. The molecule has 1 aliphatic carbocycles. The third-order valence-corrected chi connectivity index (χ3v) is 7.68. The van der Waals surface area contributed by atoms with Crippen LogP contribution in [0.4, 0.5) is 0 Å². The molecule has 16 heteroatoms. The molecule has 0 aromatic heterocycles. The molecule has 14 N–H and O–H groups in total. The van der Waals surface area contributed by atoms with Crippen LogP contribution < -0.4 is 28.0 Å². The summed E-state index contributed by atoms with van der Waals surface area (Å²) in [5.74, 6) is 0. The lowest BCUT2D eigenvalue weighted by atomic mass is 9.84. The summed E-state index contributed by atoms with van der Waals surface area (Å²) in [4.78, 5) is 0. The number of hydrogen-bond acceptors (Lipinski definition) is 14. The zero-order valence-electron chi connectivity index (χ0n) is 18.7. The van der Waals surface area contributed by atoms with Crippen molar-refractivity contribution in [2.45, 2.75) is 98.4 Å². The Balaban J connectivity index is 1.73. The van der Waals surface area contributed by atoms with Crippen LogP contribution in [0.1, 0.15) is 12.8 Å². The van der Waals surface area contributed by atoms with Crippen LogP contribution in [0.15, 0.2) is 0 Å². The van der Waals surface area contributed by atoms with E-state index in [4.69, 9.17) is 41.9 Å². The SMILES string of the molecule is NCC1OC(OC2C(N)CC(N)C(OC3OC(CO)C(O)C(N)C3O)C2O)C(NPP)CC1O. The number of nitrogens with one attached hydrogen (secondary N) is 1. The Labute approximate surface area is 201 Å². The fraction of sp³-hybridized carbons (Fsp3) is 1.00. The van der Waals surface area contributed by atoms with Gasteiger partial charge in [-0.25, -0.2) is 0 Å². The Morgan fingerprint density at radius 1 is 0.882 bits per heavy atom. The van der Waals surface area contributed by atoms with Gasteiger partial charge >= 0.3 is 0 Å². The van der Waals surface area contributed by atoms with Crippen LogP contribution in [0, 0.1) is 0 Å². The molecule has 1 saturated carbocycles. The molecular formula is C18H39N5O9P2. The molecule has 14 nitrogen and oxygen atoms in total. The van der Waals surface area contributed by atoms with Gasteiger partial charge in [0.05, 0.1) is 30.9 Å². The van der Waals surface area contributed by atoms with E-state index in [1.54, 1.807) is 0 Å². The Morgan fingerprint density at radius 2 is 1.47 bits per heavy atom. The molecular weight excluding hydrogens is 492 g/mol. The maximum absolute atomic E-state index is 11.1.